The second-order valence-corrected chi connectivity index (χ2v) is 7.60. The van der Waals surface area contributed by atoms with Crippen molar-refractivity contribution in [1.29, 1.82) is 0 Å². The molecule has 0 bridgehead atoms. The van der Waals surface area contributed by atoms with Crippen LogP contribution in [-0.4, -0.2) is 35.3 Å². The first-order chi connectivity index (χ1) is 11.6. The molecule has 2 saturated heterocycles. The summed E-state index contributed by atoms with van der Waals surface area (Å²) < 4.78 is 0. The predicted molar refractivity (Wildman–Crippen MR) is 94.0 cm³/mol. The van der Waals surface area contributed by atoms with E-state index in [2.05, 4.69) is 11.8 Å². The number of nitrogens with zero attached hydrogens (tertiary/aromatic N) is 2. The summed E-state index contributed by atoms with van der Waals surface area (Å²) in [5.41, 5.74) is 1.67. The molecule has 4 rings (SSSR count). The predicted octanol–water partition coefficient (Wildman–Crippen LogP) is 3.61. The quantitative estimate of drug-likeness (QED) is 0.833. The van der Waals surface area contributed by atoms with Gasteiger partial charge >= 0.3 is 0 Å². The Morgan fingerprint density at radius 3 is 2.54 bits per heavy atom. The van der Waals surface area contributed by atoms with Crippen molar-refractivity contribution in [2.45, 2.75) is 64.0 Å². The summed E-state index contributed by atoms with van der Waals surface area (Å²) in [6.07, 6.45) is 7.69. The van der Waals surface area contributed by atoms with Crippen LogP contribution in [0, 0.1) is 5.92 Å². The third-order valence-corrected chi connectivity index (χ3v) is 6.08. The molecular weight excluding hydrogens is 300 g/mol. The largest absolute Gasteiger partial charge is 0.333 e. The zero-order valence-electron chi connectivity index (χ0n) is 14.4. The minimum absolute atomic E-state index is 0.163. The fourth-order valence-corrected chi connectivity index (χ4v) is 4.91. The monoisotopic (exact) mass is 326 g/mol. The van der Waals surface area contributed by atoms with E-state index in [1.165, 1.54) is 19.3 Å². The Balaban J connectivity index is 1.53. The van der Waals surface area contributed by atoms with Crippen molar-refractivity contribution in [1.82, 2.24) is 4.90 Å². The SMILES string of the molecule is CC1CC2CCCCC2N1C(=O)c1ccc(N2CCCC2=O)cc1. The third kappa shape index (κ3) is 2.62. The second-order valence-electron chi connectivity index (χ2n) is 7.60. The van der Waals surface area contributed by atoms with Gasteiger partial charge < -0.3 is 9.80 Å². The van der Waals surface area contributed by atoms with E-state index >= 15 is 0 Å². The molecule has 1 saturated carbocycles. The Bertz CT molecular complexity index is 640. The van der Waals surface area contributed by atoms with Crippen molar-refractivity contribution in [3.05, 3.63) is 29.8 Å². The minimum Gasteiger partial charge on any atom is -0.333 e. The first-order valence-electron chi connectivity index (χ1n) is 9.38. The normalized spacial score (nSPS) is 29.9. The average molecular weight is 326 g/mol. The molecule has 3 fully saturated rings. The number of anilines is 1. The Morgan fingerprint density at radius 1 is 1.08 bits per heavy atom. The van der Waals surface area contributed by atoms with Gasteiger partial charge in [0.05, 0.1) is 0 Å². The van der Waals surface area contributed by atoms with Crippen LogP contribution >= 0.6 is 0 Å². The molecule has 3 aliphatic rings. The number of benzene rings is 1. The van der Waals surface area contributed by atoms with Crippen molar-refractivity contribution in [2.24, 2.45) is 5.92 Å². The van der Waals surface area contributed by atoms with Crippen LogP contribution < -0.4 is 4.90 Å². The fraction of sp³-hybridized carbons (Fsp3) is 0.600. The lowest BCUT2D eigenvalue weighted by Gasteiger charge is -2.33. The maximum Gasteiger partial charge on any atom is 0.254 e. The zero-order valence-corrected chi connectivity index (χ0v) is 14.4. The van der Waals surface area contributed by atoms with Crippen LogP contribution in [0.4, 0.5) is 5.69 Å². The number of likely N-dealkylation sites (tertiary alicyclic amines) is 1. The molecule has 0 aromatic heterocycles. The van der Waals surface area contributed by atoms with Gasteiger partial charge in [0, 0.05) is 36.3 Å². The average Bonchev–Trinajstić information content (AvgIpc) is 3.16. The van der Waals surface area contributed by atoms with Crippen molar-refractivity contribution >= 4 is 17.5 Å². The molecule has 0 radical (unpaired) electrons. The van der Waals surface area contributed by atoms with Crippen molar-refractivity contribution in [3.8, 4) is 0 Å². The van der Waals surface area contributed by atoms with Gasteiger partial charge in [-0.3, -0.25) is 9.59 Å². The molecule has 2 heterocycles. The van der Waals surface area contributed by atoms with Gasteiger partial charge in [-0.1, -0.05) is 12.8 Å². The van der Waals surface area contributed by atoms with E-state index in [4.69, 9.17) is 0 Å². The lowest BCUT2D eigenvalue weighted by Crippen LogP contribution is -2.42. The van der Waals surface area contributed by atoms with Gasteiger partial charge in [-0.15, -0.1) is 0 Å². The number of hydrogen-bond donors (Lipinski definition) is 0. The zero-order chi connectivity index (χ0) is 16.7. The van der Waals surface area contributed by atoms with Gasteiger partial charge in [0.25, 0.3) is 5.91 Å². The highest BCUT2D eigenvalue weighted by atomic mass is 16.2. The molecule has 1 aromatic carbocycles. The molecule has 3 unspecified atom stereocenters. The van der Waals surface area contributed by atoms with Gasteiger partial charge in [0.1, 0.15) is 0 Å². The van der Waals surface area contributed by atoms with Crippen LogP contribution in [-0.2, 0) is 4.79 Å². The molecular formula is C20H26N2O2. The van der Waals surface area contributed by atoms with Crippen molar-refractivity contribution in [3.63, 3.8) is 0 Å². The number of hydrogen-bond acceptors (Lipinski definition) is 2. The second kappa shape index (κ2) is 6.23. The summed E-state index contributed by atoms with van der Waals surface area (Å²) in [6.45, 7) is 2.98. The van der Waals surface area contributed by atoms with Crippen molar-refractivity contribution in [2.75, 3.05) is 11.4 Å². The van der Waals surface area contributed by atoms with Gasteiger partial charge in [-0.25, -0.2) is 0 Å². The highest BCUT2D eigenvalue weighted by Crippen LogP contribution is 2.40. The van der Waals surface area contributed by atoms with Gasteiger partial charge in [-0.2, -0.15) is 0 Å². The molecule has 1 aliphatic carbocycles. The maximum absolute atomic E-state index is 13.1. The lowest BCUT2D eigenvalue weighted by molar-refractivity contribution is -0.117. The highest BCUT2D eigenvalue weighted by molar-refractivity contribution is 5.97. The third-order valence-electron chi connectivity index (χ3n) is 6.08. The first kappa shape index (κ1) is 15.7. The number of rotatable bonds is 2. The van der Waals surface area contributed by atoms with E-state index in [1.54, 1.807) is 0 Å². The molecule has 4 nitrogen and oxygen atoms in total. The van der Waals surface area contributed by atoms with E-state index in [0.717, 1.165) is 37.1 Å². The highest BCUT2D eigenvalue weighted by Gasteiger charge is 2.42. The summed E-state index contributed by atoms with van der Waals surface area (Å²) in [6, 6.07) is 8.41. The Morgan fingerprint density at radius 2 is 1.83 bits per heavy atom. The molecule has 1 aromatic rings. The van der Waals surface area contributed by atoms with Gasteiger partial charge in [0.15, 0.2) is 0 Å². The minimum atomic E-state index is 0.163. The van der Waals surface area contributed by atoms with Crippen molar-refractivity contribution < 1.29 is 9.59 Å². The van der Waals surface area contributed by atoms with Gasteiger partial charge in [0.2, 0.25) is 5.91 Å². The van der Waals surface area contributed by atoms with E-state index in [0.29, 0.717) is 24.4 Å². The summed E-state index contributed by atoms with van der Waals surface area (Å²) in [4.78, 5) is 28.9. The number of carbonyl (C=O) groups is 2. The maximum atomic E-state index is 13.1. The van der Waals surface area contributed by atoms with Crippen LogP contribution in [0.5, 0.6) is 0 Å². The summed E-state index contributed by atoms with van der Waals surface area (Å²) >= 11 is 0. The molecule has 2 aliphatic heterocycles. The van der Waals surface area contributed by atoms with Crippen LogP contribution in [0.3, 0.4) is 0 Å². The first-order valence-corrected chi connectivity index (χ1v) is 9.38. The van der Waals surface area contributed by atoms with Crippen LogP contribution in [0.25, 0.3) is 0 Å². The van der Waals surface area contributed by atoms with Crippen LogP contribution in [0.2, 0.25) is 0 Å². The fourth-order valence-electron chi connectivity index (χ4n) is 4.91. The Labute approximate surface area is 143 Å². The Kier molecular flexibility index (Phi) is 4.07. The smallest absolute Gasteiger partial charge is 0.254 e. The molecule has 4 heteroatoms. The molecule has 0 N–H and O–H groups in total. The molecule has 3 atom stereocenters. The van der Waals surface area contributed by atoms with E-state index < -0.39 is 0 Å². The molecule has 0 spiro atoms. The lowest BCUT2D eigenvalue weighted by atomic mass is 9.85. The number of amides is 2. The van der Waals surface area contributed by atoms with E-state index in [9.17, 15) is 9.59 Å². The summed E-state index contributed by atoms with van der Waals surface area (Å²) in [7, 11) is 0. The number of fused-ring (bicyclic) bond motifs is 1. The van der Waals surface area contributed by atoms with Crippen LogP contribution in [0.1, 0.15) is 62.2 Å². The van der Waals surface area contributed by atoms with E-state index in [1.807, 2.05) is 29.2 Å². The molecule has 24 heavy (non-hydrogen) atoms. The standard InChI is InChI=1S/C20H26N2O2/c1-14-13-16-5-2-3-6-18(16)22(14)20(24)15-8-10-17(11-9-15)21-12-4-7-19(21)23/h8-11,14,16,18H,2-7,12-13H2,1H3. The molecule has 128 valence electrons. The molecule has 2 amide bonds. The van der Waals surface area contributed by atoms with Gasteiger partial charge in [-0.05, 0) is 62.8 Å². The van der Waals surface area contributed by atoms with Crippen LogP contribution in [0.15, 0.2) is 24.3 Å². The number of carbonyl (C=O) groups excluding carboxylic acids is 2. The topological polar surface area (TPSA) is 40.6 Å². The summed E-state index contributed by atoms with van der Waals surface area (Å²) in [5, 5.41) is 0. The summed E-state index contributed by atoms with van der Waals surface area (Å²) in [5.74, 6) is 1.04. The Hall–Kier alpha value is -1.84. The van der Waals surface area contributed by atoms with E-state index in [-0.39, 0.29) is 11.8 Å².